The van der Waals surface area contributed by atoms with Crippen LogP contribution in [0.5, 0.6) is 0 Å². The quantitative estimate of drug-likeness (QED) is 0.184. The maximum atomic E-state index is 12.9. The lowest BCUT2D eigenvalue weighted by Gasteiger charge is -2.19. The smallest absolute Gasteiger partial charge is 0.407 e. The summed E-state index contributed by atoms with van der Waals surface area (Å²) in [6.45, 7) is 7.65. The lowest BCUT2D eigenvalue weighted by atomic mass is 10.2. The molecule has 14 nitrogen and oxygen atoms in total. The molecule has 0 aromatic carbocycles. The van der Waals surface area contributed by atoms with Crippen LogP contribution in [0, 0.1) is 10.1 Å². The lowest BCUT2D eigenvalue weighted by Crippen LogP contribution is -2.34. The predicted octanol–water partition coefficient (Wildman–Crippen LogP) is 2.21. The zero-order valence-electron chi connectivity index (χ0n) is 23.4. The van der Waals surface area contributed by atoms with Gasteiger partial charge in [-0.3, -0.25) is 19.7 Å². The van der Waals surface area contributed by atoms with Crippen molar-refractivity contribution in [1.29, 1.82) is 0 Å². The summed E-state index contributed by atoms with van der Waals surface area (Å²) >= 11 is 0. The second kappa shape index (κ2) is 14.3. The van der Waals surface area contributed by atoms with Crippen molar-refractivity contribution in [2.75, 3.05) is 52.3 Å². The molecule has 216 valence electrons. The van der Waals surface area contributed by atoms with Crippen molar-refractivity contribution >= 4 is 29.3 Å². The van der Waals surface area contributed by atoms with Crippen LogP contribution in [-0.2, 0) is 23.1 Å². The monoisotopic (exact) mass is 549 g/mol. The van der Waals surface area contributed by atoms with Crippen molar-refractivity contribution in [3.05, 3.63) is 46.0 Å². The Labute approximate surface area is 227 Å². The van der Waals surface area contributed by atoms with Gasteiger partial charge in [0, 0.05) is 38.9 Å². The first-order chi connectivity index (χ1) is 18.3. The molecule has 14 heteroatoms. The molecule has 0 aliphatic carbocycles. The van der Waals surface area contributed by atoms with E-state index in [-0.39, 0.29) is 37.0 Å². The Hall–Kier alpha value is -3.91. The second-order valence-electron chi connectivity index (χ2n) is 10.2. The molecule has 3 amide bonds. The van der Waals surface area contributed by atoms with E-state index in [1.54, 1.807) is 37.6 Å². The van der Waals surface area contributed by atoms with Crippen molar-refractivity contribution < 1.29 is 28.8 Å². The highest BCUT2D eigenvalue weighted by atomic mass is 16.6. The van der Waals surface area contributed by atoms with Crippen LogP contribution in [0.3, 0.4) is 0 Å². The van der Waals surface area contributed by atoms with Gasteiger partial charge in [-0.15, -0.1) is 0 Å². The van der Waals surface area contributed by atoms with E-state index in [1.807, 2.05) is 19.0 Å². The number of ether oxygens (including phenoxy) is 2. The van der Waals surface area contributed by atoms with Gasteiger partial charge >= 0.3 is 6.09 Å². The van der Waals surface area contributed by atoms with E-state index < -0.39 is 22.5 Å². The Bertz CT molecular complexity index is 1150. The maximum absolute atomic E-state index is 12.9. The van der Waals surface area contributed by atoms with E-state index in [2.05, 4.69) is 16.0 Å². The van der Waals surface area contributed by atoms with Gasteiger partial charge in [-0.25, -0.2) is 4.79 Å². The summed E-state index contributed by atoms with van der Waals surface area (Å²) in [7, 11) is 5.44. The molecule has 39 heavy (non-hydrogen) atoms. The maximum Gasteiger partial charge on any atom is 0.407 e. The number of hydrogen-bond donors (Lipinski definition) is 3. The van der Waals surface area contributed by atoms with E-state index in [0.717, 1.165) is 13.0 Å². The molecular formula is C25H39N7O7. The van der Waals surface area contributed by atoms with Crippen LogP contribution in [0.15, 0.2) is 24.5 Å². The number of amides is 3. The number of hydrogen-bond acceptors (Lipinski definition) is 8. The fourth-order valence-corrected chi connectivity index (χ4v) is 3.51. The van der Waals surface area contributed by atoms with Crippen LogP contribution in [0.4, 0.5) is 16.2 Å². The Morgan fingerprint density at radius 3 is 2.36 bits per heavy atom. The van der Waals surface area contributed by atoms with Gasteiger partial charge in [0.05, 0.1) is 30.0 Å². The standard InChI is InChI=1S/C25H39N7O7/c1-25(2,3)39-24(35)27-9-12-38-13-11-31-16-18(14-21(31)22(33)26-8-7-10-29(4)5)28-23(34)20-15-19(32(36)37)17-30(20)6/h14-17H,7-13H2,1-6H3,(H,26,33)(H,27,35)(H,28,34). The molecule has 0 atom stereocenters. The first-order valence-corrected chi connectivity index (χ1v) is 12.6. The van der Waals surface area contributed by atoms with Crippen molar-refractivity contribution in [2.24, 2.45) is 7.05 Å². The van der Waals surface area contributed by atoms with Gasteiger partial charge < -0.3 is 39.5 Å². The summed E-state index contributed by atoms with van der Waals surface area (Å²) in [5.74, 6) is -0.861. The third kappa shape index (κ3) is 10.8. The molecule has 0 spiro atoms. The Kier molecular flexibility index (Phi) is 11.5. The fraction of sp³-hybridized carbons (Fsp3) is 0.560. The summed E-state index contributed by atoms with van der Waals surface area (Å²) in [6, 6.07) is 2.73. The minimum atomic E-state index is -0.592. The average Bonchev–Trinajstić information content (AvgIpc) is 3.41. The van der Waals surface area contributed by atoms with Crippen molar-refractivity contribution in [3.63, 3.8) is 0 Å². The van der Waals surface area contributed by atoms with E-state index >= 15 is 0 Å². The van der Waals surface area contributed by atoms with Crippen LogP contribution in [0.25, 0.3) is 0 Å². The van der Waals surface area contributed by atoms with E-state index in [1.165, 1.54) is 23.9 Å². The normalized spacial score (nSPS) is 11.4. The first-order valence-electron chi connectivity index (χ1n) is 12.6. The molecule has 0 bridgehead atoms. The van der Waals surface area contributed by atoms with Crippen molar-refractivity contribution in [2.45, 2.75) is 39.3 Å². The third-order valence-corrected chi connectivity index (χ3v) is 5.28. The molecule has 2 rings (SSSR count). The molecule has 0 aliphatic heterocycles. The van der Waals surface area contributed by atoms with Gasteiger partial charge in [0.15, 0.2) is 0 Å². The minimum Gasteiger partial charge on any atom is -0.444 e. The molecule has 0 fully saturated rings. The Morgan fingerprint density at radius 1 is 1.03 bits per heavy atom. The highest BCUT2D eigenvalue weighted by Gasteiger charge is 2.20. The van der Waals surface area contributed by atoms with Crippen molar-refractivity contribution in [1.82, 2.24) is 24.7 Å². The number of nitrogens with zero attached hydrogens (tertiary/aromatic N) is 4. The number of carbonyl (C=O) groups excluding carboxylic acids is 3. The number of nitrogens with one attached hydrogen (secondary N) is 3. The molecular weight excluding hydrogens is 510 g/mol. The highest BCUT2D eigenvalue weighted by molar-refractivity contribution is 6.04. The number of aryl methyl sites for hydroxylation is 1. The number of aromatic nitrogens is 2. The van der Waals surface area contributed by atoms with E-state index in [9.17, 15) is 24.5 Å². The minimum absolute atomic E-state index is 0.102. The number of rotatable bonds is 14. The number of alkyl carbamates (subject to hydrolysis) is 1. The van der Waals surface area contributed by atoms with Crippen LogP contribution in [-0.4, -0.2) is 89.4 Å². The number of carbonyl (C=O) groups is 3. The fourth-order valence-electron chi connectivity index (χ4n) is 3.51. The molecule has 0 aliphatic rings. The third-order valence-electron chi connectivity index (χ3n) is 5.28. The zero-order valence-corrected chi connectivity index (χ0v) is 23.4. The number of anilines is 1. The molecule has 0 saturated heterocycles. The molecule has 0 radical (unpaired) electrons. The molecule has 0 unspecified atom stereocenters. The summed E-state index contributed by atoms with van der Waals surface area (Å²) in [4.78, 5) is 49.9. The largest absolute Gasteiger partial charge is 0.444 e. The average molecular weight is 550 g/mol. The van der Waals surface area contributed by atoms with E-state index in [4.69, 9.17) is 9.47 Å². The topological polar surface area (TPSA) is 162 Å². The van der Waals surface area contributed by atoms with Crippen LogP contribution in [0.2, 0.25) is 0 Å². The number of nitro groups is 1. The molecule has 2 aromatic heterocycles. The van der Waals surface area contributed by atoms with Gasteiger partial charge in [0.2, 0.25) is 0 Å². The SMILES string of the molecule is CN(C)CCCNC(=O)c1cc(NC(=O)c2cc([N+](=O)[O-])cn2C)cn1CCOCCNC(=O)OC(C)(C)C. The first kappa shape index (κ1) is 31.3. The summed E-state index contributed by atoms with van der Waals surface area (Å²) in [5, 5.41) is 19.2. The van der Waals surface area contributed by atoms with Crippen LogP contribution in [0.1, 0.15) is 48.2 Å². The van der Waals surface area contributed by atoms with E-state index in [0.29, 0.717) is 24.5 Å². The van der Waals surface area contributed by atoms with Crippen molar-refractivity contribution in [3.8, 4) is 0 Å². The highest BCUT2D eigenvalue weighted by Crippen LogP contribution is 2.19. The second-order valence-corrected chi connectivity index (χ2v) is 10.2. The molecule has 2 aromatic rings. The summed E-state index contributed by atoms with van der Waals surface area (Å²) in [6.07, 6.45) is 3.09. The van der Waals surface area contributed by atoms with Gasteiger partial charge in [-0.1, -0.05) is 0 Å². The molecule has 0 saturated carbocycles. The van der Waals surface area contributed by atoms with Gasteiger partial charge in [0.1, 0.15) is 17.0 Å². The molecule has 3 N–H and O–H groups in total. The van der Waals surface area contributed by atoms with Gasteiger partial charge in [-0.05, 0) is 53.9 Å². The zero-order chi connectivity index (χ0) is 29.2. The van der Waals surface area contributed by atoms with Gasteiger partial charge in [-0.2, -0.15) is 0 Å². The summed E-state index contributed by atoms with van der Waals surface area (Å²) in [5.41, 5.74) is -0.0103. The predicted molar refractivity (Wildman–Crippen MR) is 145 cm³/mol. The van der Waals surface area contributed by atoms with Crippen LogP contribution < -0.4 is 16.0 Å². The summed E-state index contributed by atoms with van der Waals surface area (Å²) < 4.78 is 13.8. The van der Waals surface area contributed by atoms with Gasteiger partial charge in [0.25, 0.3) is 17.5 Å². The van der Waals surface area contributed by atoms with Crippen LogP contribution >= 0.6 is 0 Å². The molecule has 2 heterocycles. The Balaban J connectivity index is 2.02. The lowest BCUT2D eigenvalue weighted by molar-refractivity contribution is -0.384. The Morgan fingerprint density at radius 2 is 1.74 bits per heavy atom.